The molecule has 0 saturated heterocycles. The first-order valence-electron chi connectivity index (χ1n) is 9.10. The molecule has 0 radical (unpaired) electrons. The van der Waals surface area contributed by atoms with Crippen LogP contribution in [-0.4, -0.2) is 17.2 Å². The summed E-state index contributed by atoms with van der Waals surface area (Å²) in [4.78, 5) is 10.3. The Morgan fingerprint density at radius 3 is 1.38 bits per heavy atom. The third-order valence-electron chi connectivity index (χ3n) is 3.55. The minimum atomic E-state index is -0.657. The smallest absolute Gasteiger partial charge is 0.303 e. The van der Waals surface area contributed by atoms with Gasteiger partial charge in [0.15, 0.2) is 0 Å². The minimum Gasteiger partial charge on any atom is -0.481 e. The molecule has 0 amide bonds. The molecule has 1 atom stereocenters. The molecule has 0 aromatic carbocycles. The molecular weight excluding hydrogens is 279 g/mol. The molecule has 0 aliphatic rings. The predicted octanol–water partition coefficient (Wildman–Crippen LogP) is 6.43. The fourth-order valence-electron chi connectivity index (χ4n) is 2.14. The lowest BCUT2D eigenvalue weighted by Crippen LogP contribution is -1.93. The summed E-state index contributed by atoms with van der Waals surface area (Å²) < 4.78 is 0. The molecule has 128 valence electrons. The van der Waals surface area contributed by atoms with E-state index in [0.29, 0.717) is 6.42 Å². The van der Waals surface area contributed by atoms with Gasteiger partial charge in [-0.25, -0.2) is 0 Å². The quantitative estimate of drug-likeness (QED) is 0.296. The van der Waals surface area contributed by atoms with Crippen molar-refractivity contribution < 1.29 is 9.90 Å². The SMILES string of the molecule is CCCCCCCCCCCCCC(=O)O.CCCCP. The zero-order valence-electron chi connectivity index (χ0n) is 14.5. The maximum atomic E-state index is 10.3. The zero-order valence-corrected chi connectivity index (χ0v) is 15.7. The van der Waals surface area contributed by atoms with Gasteiger partial charge in [-0.2, -0.15) is 0 Å². The summed E-state index contributed by atoms with van der Waals surface area (Å²) in [6.07, 6.45) is 18.3. The Labute approximate surface area is 135 Å². The van der Waals surface area contributed by atoms with E-state index in [9.17, 15) is 4.79 Å². The lowest BCUT2D eigenvalue weighted by atomic mass is 10.1. The third-order valence-corrected chi connectivity index (χ3v) is 3.96. The van der Waals surface area contributed by atoms with E-state index >= 15 is 0 Å². The van der Waals surface area contributed by atoms with E-state index < -0.39 is 5.97 Å². The van der Waals surface area contributed by atoms with Crippen molar-refractivity contribution in [2.45, 2.75) is 104 Å². The number of unbranched alkanes of at least 4 members (excludes halogenated alkanes) is 11. The fraction of sp³-hybridized carbons (Fsp3) is 0.944. The molecule has 0 spiro atoms. The van der Waals surface area contributed by atoms with Crippen LogP contribution < -0.4 is 0 Å². The summed E-state index contributed by atoms with van der Waals surface area (Å²) in [5.74, 6) is -0.657. The number of carbonyl (C=O) groups is 1. The molecule has 2 nitrogen and oxygen atoms in total. The number of carboxylic acid groups (broad SMARTS) is 1. The van der Waals surface area contributed by atoms with Gasteiger partial charge >= 0.3 is 5.97 Å². The van der Waals surface area contributed by atoms with Gasteiger partial charge < -0.3 is 5.11 Å². The number of rotatable bonds is 14. The third kappa shape index (κ3) is 28.7. The minimum absolute atomic E-state index is 0.344. The molecule has 0 aromatic heterocycles. The molecule has 21 heavy (non-hydrogen) atoms. The van der Waals surface area contributed by atoms with Crippen LogP contribution in [0.4, 0.5) is 0 Å². The summed E-state index contributed by atoms with van der Waals surface area (Å²) in [5, 5.41) is 8.46. The molecule has 3 heteroatoms. The van der Waals surface area contributed by atoms with Gasteiger partial charge in [0.2, 0.25) is 0 Å². The van der Waals surface area contributed by atoms with Crippen molar-refractivity contribution in [1.82, 2.24) is 0 Å². The largest absolute Gasteiger partial charge is 0.481 e. The second-order valence-corrected chi connectivity index (χ2v) is 6.40. The number of hydrogen-bond acceptors (Lipinski definition) is 1. The summed E-state index contributed by atoms with van der Waals surface area (Å²) in [7, 11) is 2.70. The van der Waals surface area contributed by atoms with Crippen molar-refractivity contribution in [3.8, 4) is 0 Å². The Hall–Kier alpha value is -0.100. The summed E-state index contributed by atoms with van der Waals surface area (Å²) >= 11 is 0. The van der Waals surface area contributed by atoms with Crippen molar-refractivity contribution in [1.29, 1.82) is 0 Å². The molecule has 0 aliphatic carbocycles. The average Bonchev–Trinajstić information content (AvgIpc) is 2.46. The second kappa shape index (κ2) is 22.2. The maximum absolute atomic E-state index is 10.3. The van der Waals surface area contributed by atoms with E-state index in [-0.39, 0.29) is 0 Å². The molecule has 1 unspecified atom stereocenters. The van der Waals surface area contributed by atoms with E-state index in [1.54, 1.807) is 0 Å². The van der Waals surface area contributed by atoms with Crippen LogP contribution in [-0.2, 0) is 4.79 Å². The normalized spacial score (nSPS) is 10.0. The molecule has 0 aliphatic heterocycles. The maximum Gasteiger partial charge on any atom is 0.303 e. The number of aliphatic carboxylic acids is 1. The highest BCUT2D eigenvalue weighted by atomic mass is 31.0. The van der Waals surface area contributed by atoms with E-state index in [1.165, 1.54) is 76.8 Å². The Bertz CT molecular complexity index is 194. The van der Waals surface area contributed by atoms with E-state index in [4.69, 9.17) is 5.11 Å². The van der Waals surface area contributed by atoms with Crippen LogP contribution in [0.25, 0.3) is 0 Å². The highest BCUT2D eigenvalue weighted by Crippen LogP contribution is 2.11. The fourth-order valence-corrected chi connectivity index (χ4v) is 2.55. The van der Waals surface area contributed by atoms with E-state index in [2.05, 4.69) is 23.1 Å². The van der Waals surface area contributed by atoms with Gasteiger partial charge in [-0.1, -0.05) is 90.9 Å². The molecule has 0 fully saturated rings. The molecule has 0 rings (SSSR count). The van der Waals surface area contributed by atoms with Gasteiger partial charge in [0.25, 0.3) is 0 Å². The van der Waals surface area contributed by atoms with Gasteiger partial charge in [0.1, 0.15) is 0 Å². The van der Waals surface area contributed by atoms with Crippen molar-refractivity contribution in [3.05, 3.63) is 0 Å². The van der Waals surface area contributed by atoms with Crippen molar-refractivity contribution in [2.75, 3.05) is 6.16 Å². The Morgan fingerprint density at radius 2 is 1.10 bits per heavy atom. The molecule has 0 heterocycles. The Balaban J connectivity index is 0. The van der Waals surface area contributed by atoms with Gasteiger partial charge in [0.05, 0.1) is 0 Å². The number of hydrogen-bond donors (Lipinski definition) is 1. The zero-order chi connectivity index (χ0) is 16.2. The molecule has 1 N–H and O–H groups in total. The standard InChI is InChI=1S/C14H28O2.C4H11P/c1-2-3-4-5-6-7-8-9-10-11-12-13-14(15)16;1-2-3-4-5/h2-13H2,1H3,(H,15,16);2-5H2,1H3. The molecular formula is C18H39O2P. The lowest BCUT2D eigenvalue weighted by Gasteiger charge is -2.01. The van der Waals surface area contributed by atoms with E-state index in [1.807, 2.05) is 0 Å². The second-order valence-electron chi connectivity index (χ2n) is 5.82. The van der Waals surface area contributed by atoms with Crippen LogP contribution in [0.2, 0.25) is 0 Å². The topological polar surface area (TPSA) is 37.3 Å². The first-order valence-corrected chi connectivity index (χ1v) is 9.92. The number of carboxylic acids is 1. The van der Waals surface area contributed by atoms with Gasteiger partial charge in [-0.15, -0.1) is 9.24 Å². The van der Waals surface area contributed by atoms with Crippen LogP contribution >= 0.6 is 9.24 Å². The molecule has 0 bridgehead atoms. The van der Waals surface area contributed by atoms with Crippen LogP contribution in [0.3, 0.4) is 0 Å². The van der Waals surface area contributed by atoms with Crippen molar-refractivity contribution in [2.24, 2.45) is 0 Å². The Kier molecular flexibility index (Phi) is 24.5. The van der Waals surface area contributed by atoms with Crippen LogP contribution in [0.5, 0.6) is 0 Å². The van der Waals surface area contributed by atoms with Crippen LogP contribution in [0, 0.1) is 0 Å². The summed E-state index contributed by atoms with van der Waals surface area (Å²) in [6, 6.07) is 0. The monoisotopic (exact) mass is 318 g/mol. The Morgan fingerprint density at radius 1 is 0.714 bits per heavy atom. The van der Waals surface area contributed by atoms with Crippen LogP contribution in [0.15, 0.2) is 0 Å². The molecule has 0 saturated carbocycles. The lowest BCUT2D eigenvalue weighted by molar-refractivity contribution is -0.137. The average molecular weight is 318 g/mol. The summed E-state index contributed by atoms with van der Waals surface area (Å²) in [6.45, 7) is 4.45. The summed E-state index contributed by atoms with van der Waals surface area (Å²) in [5.41, 5.74) is 0. The van der Waals surface area contributed by atoms with Gasteiger partial charge in [-0.3, -0.25) is 4.79 Å². The predicted molar refractivity (Wildman–Crippen MR) is 98.2 cm³/mol. The van der Waals surface area contributed by atoms with Crippen molar-refractivity contribution in [3.63, 3.8) is 0 Å². The van der Waals surface area contributed by atoms with Crippen LogP contribution in [0.1, 0.15) is 104 Å². The highest BCUT2D eigenvalue weighted by Gasteiger charge is 1.96. The van der Waals surface area contributed by atoms with Crippen molar-refractivity contribution >= 4 is 15.2 Å². The molecule has 0 aromatic rings. The van der Waals surface area contributed by atoms with Gasteiger partial charge in [-0.05, 0) is 12.6 Å². The van der Waals surface area contributed by atoms with Gasteiger partial charge in [0, 0.05) is 6.42 Å². The first kappa shape index (κ1) is 23.2. The van der Waals surface area contributed by atoms with E-state index in [0.717, 1.165) is 12.8 Å². The highest BCUT2D eigenvalue weighted by molar-refractivity contribution is 7.16. The first-order chi connectivity index (χ1) is 10.2.